The molecule has 0 unspecified atom stereocenters. The summed E-state index contributed by atoms with van der Waals surface area (Å²) in [6.07, 6.45) is 3.14. The van der Waals surface area contributed by atoms with Gasteiger partial charge in [0.15, 0.2) is 0 Å². The molecule has 126 valence electrons. The molecule has 0 saturated carbocycles. The highest BCUT2D eigenvalue weighted by molar-refractivity contribution is 7.86. The molecule has 3 aliphatic heterocycles. The van der Waals surface area contributed by atoms with Crippen molar-refractivity contribution in [2.24, 2.45) is 0 Å². The Labute approximate surface area is 139 Å². The van der Waals surface area contributed by atoms with Crippen LogP contribution in [-0.2, 0) is 23.2 Å². The lowest BCUT2D eigenvalue weighted by molar-refractivity contribution is 0.110. The fourth-order valence-electron chi connectivity index (χ4n) is 4.30. The van der Waals surface area contributed by atoms with E-state index in [1.807, 2.05) is 19.1 Å². The third-order valence-electron chi connectivity index (χ3n) is 5.60. The third-order valence-corrected chi connectivity index (χ3v) is 7.66. The van der Waals surface area contributed by atoms with Crippen molar-refractivity contribution in [2.45, 2.75) is 44.8 Å². The smallest absolute Gasteiger partial charge is 0.282 e. The number of piperazine rings is 1. The number of fused-ring (bicyclic) bond motifs is 2. The molecule has 0 aliphatic carbocycles. The first kappa shape index (κ1) is 15.6. The monoisotopic (exact) mass is 335 g/mol. The van der Waals surface area contributed by atoms with E-state index in [1.165, 1.54) is 12.0 Å². The molecule has 0 aromatic heterocycles. The van der Waals surface area contributed by atoms with Crippen LogP contribution < -0.4 is 0 Å². The van der Waals surface area contributed by atoms with Crippen molar-refractivity contribution in [2.75, 3.05) is 26.2 Å². The highest BCUT2D eigenvalue weighted by Crippen LogP contribution is 2.29. The van der Waals surface area contributed by atoms with Crippen molar-refractivity contribution in [1.82, 2.24) is 13.5 Å². The van der Waals surface area contributed by atoms with Crippen molar-refractivity contribution in [3.63, 3.8) is 0 Å². The largest absolute Gasteiger partial charge is 0.297 e. The molecule has 1 aromatic carbocycles. The normalized spacial score (nSPS) is 30.1. The molecule has 0 radical (unpaired) electrons. The van der Waals surface area contributed by atoms with Crippen LogP contribution in [0.25, 0.3) is 0 Å². The maximum Gasteiger partial charge on any atom is 0.282 e. The SMILES string of the molecule is C[C@@H]1CN2CCC[C@H]2CN1S(=O)(=O)N1CCc2ccccc2C1. The van der Waals surface area contributed by atoms with Crippen LogP contribution in [0, 0.1) is 0 Å². The van der Waals surface area contributed by atoms with Gasteiger partial charge in [0.2, 0.25) is 0 Å². The molecule has 3 heterocycles. The lowest BCUT2D eigenvalue weighted by Crippen LogP contribution is -2.59. The summed E-state index contributed by atoms with van der Waals surface area (Å²) in [5, 5.41) is 0. The molecule has 0 amide bonds. The molecule has 2 atom stereocenters. The van der Waals surface area contributed by atoms with Crippen LogP contribution in [0.2, 0.25) is 0 Å². The lowest BCUT2D eigenvalue weighted by Gasteiger charge is -2.43. The van der Waals surface area contributed by atoms with E-state index in [-0.39, 0.29) is 6.04 Å². The summed E-state index contributed by atoms with van der Waals surface area (Å²) in [5.41, 5.74) is 2.43. The summed E-state index contributed by atoms with van der Waals surface area (Å²) in [4.78, 5) is 2.46. The van der Waals surface area contributed by atoms with Gasteiger partial charge in [0.25, 0.3) is 10.2 Å². The number of hydrogen-bond donors (Lipinski definition) is 0. The molecule has 2 saturated heterocycles. The van der Waals surface area contributed by atoms with Gasteiger partial charge in [-0.3, -0.25) is 4.90 Å². The van der Waals surface area contributed by atoms with Crippen LogP contribution in [0.5, 0.6) is 0 Å². The van der Waals surface area contributed by atoms with Crippen LogP contribution in [0.3, 0.4) is 0 Å². The van der Waals surface area contributed by atoms with Gasteiger partial charge < -0.3 is 0 Å². The van der Waals surface area contributed by atoms with E-state index in [0.717, 1.165) is 31.5 Å². The van der Waals surface area contributed by atoms with Gasteiger partial charge in [-0.2, -0.15) is 17.0 Å². The van der Waals surface area contributed by atoms with Crippen molar-refractivity contribution < 1.29 is 8.42 Å². The van der Waals surface area contributed by atoms with Gasteiger partial charge >= 0.3 is 0 Å². The zero-order valence-electron chi connectivity index (χ0n) is 13.7. The second-order valence-electron chi connectivity index (χ2n) is 7.07. The fraction of sp³-hybridized carbons (Fsp3) is 0.647. The maximum atomic E-state index is 13.2. The first-order valence-corrected chi connectivity index (χ1v) is 10.0. The van der Waals surface area contributed by atoms with E-state index in [0.29, 0.717) is 25.7 Å². The molecule has 1 aromatic rings. The van der Waals surface area contributed by atoms with E-state index in [9.17, 15) is 8.42 Å². The number of benzene rings is 1. The van der Waals surface area contributed by atoms with E-state index >= 15 is 0 Å². The molecular weight excluding hydrogens is 310 g/mol. The van der Waals surface area contributed by atoms with Crippen molar-refractivity contribution in [3.8, 4) is 0 Å². The molecule has 2 fully saturated rings. The molecule has 0 N–H and O–H groups in total. The summed E-state index contributed by atoms with van der Waals surface area (Å²) in [7, 11) is -3.38. The third kappa shape index (κ3) is 2.71. The lowest BCUT2D eigenvalue weighted by atomic mass is 10.0. The standard InChI is InChI=1S/C17H25N3O2S/c1-14-11-18-9-4-7-17(18)13-20(14)23(21,22)19-10-8-15-5-2-3-6-16(15)12-19/h2-3,5-6,14,17H,4,7-13H2,1H3/t14-,17+/m1/s1. The summed E-state index contributed by atoms with van der Waals surface area (Å²) in [6, 6.07) is 8.66. The van der Waals surface area contributed by atoms with Gasteiger partial charge in [-0.1, -0.05) is 24.3 Å². The predicted octanol–water partition coefficient (Wildman–Crippen LogP) is 1.46. The van der Waals surface area contributed by atoms with Crippen molar-refractivity contribution in [3.05, 3.63) is 35.4 Å². The molecular formula is C17H25N3O2S. The van der Waals surface area contributed by atoms with Crippen LogP contribution in [-0.4, -0.2) is 60.2 Å². The Kier molecular flexibility index (Phi) is 3.96. The molecule has 6 heteroatoms. The Balaban J connectivity index is 1.56. The van der Waals surface area contributed by atoms with Gasteiger partial charge in [-0.25, -0.2) is 0 Å². The zero-order chi connectivity index (χ0) is 16.0. The number of hydrogen-bond acceptors (Lipinski definition) is 3. The molecule has 4 rings (SSSR count). The van der Waals surface area contributed by atoms with E-state index in [4.69, 9.17) is 0 Å². The van der Waals surface area contributed by atoms with E-state index < -0.39 is 10.2 Å². The second-order valence-corrected chi connectivity index (χ2v) is 8.95. The Morgan fingerprint density at radius 3 is 2.70 bits per heavy atom. The first-order valence-electron chi connectivity index (χ1n) is 8.63. The summed E-state index contributed by atoms with van der Waals surface area (Å²) in [6.45, 7) is 5.80. The number of rotatable bonds is 2. The van der Waals surface area contributed by atoms with Gasteiger partial charge in [0.05, 0.1) is 0 Å². The summed E-state index contributed by atoms with van der Waals surface area (Å²) < 4.78 is 29.8. The Bertz CT molecular complexity index is 691. The summed E-state index contributed by atoms with van der Waals surface area (Å²) in [5.74, 6) is 0. The molecule has 0 spiro atoms. The van der Waals surface area contributed by atoms with Gasteiger partial charge in [-0.05, 0) is 43.9 Å². The van der Waals surface area contributed by atoms with Crippen molar-refractivity contribution in [1.29, 1.82) is 0 Å². The minimum absolute atomic E-state index is 0.0616. The Morgan fingerprint density at radius 2 is 1.87 bits per heavy atom. The maximum absolute atomic E-state index is 13.2. The molecule has 0 bridgehead atoms. The minimum Gasteiger partial charge on any atom is -0.297 e. The first-order chi connectivity index (χ1) is 11.1. The second kappa shape index (κ2) is 5.84. The average Bonchev–Trinajstić information content (AvgIpc) is 3.00. The minimum atomic E-state index is -3.38. The molecule has 3 aliphatic rings. The Morgan fingerprint density at radius 1 is 1.09 bits per heavy atom. The topological polar surface area (TPSA) is 43.9 Å². The number of nitrogens with zero attached hydrogens (tertiary/aromatic N) is 3. The highest BCUT2D eigenvalue weighted by atomic mass is 32.2. The van der Waals surface area contributed by atoms with E-state index in [1.54, 1.807) is 8.61 Å². The van der Waals surface area contributed by atoms with Crippen LogP contribution >= 0.6 is 0 Å². The van der Waals surface area contributed by atoms with Gasteiger partial charge in [0, 0.05) is 38.3 Å². The summed E-state index contributed by atoms with van der Waals surface area (Å²) >= 11 is 0. The van der Waals surface area contributed by atoms with Gasteiger partial charge in [-0.15, -0.1) is 0 Å². The molecule has 5 nitrogen and oxygen atoms in total. The average molecular weight is 335 g/mol. The highest BCUT2D eigenvalue weighted by Gasteiger charge is 2.42. The quantitative estimate of drug-likeness (QED) is 0.822. The Hall–Kier alpha value is -0.950. The van der Waals surface area contributed by atoms with Gasteiger partial charge in [0.1, 0.15) is 0 Å². The van der Waals surface area contributed by atoms with Crippen molar-refractivity contribution >= 4 is 10.2 Å². The van der Waals surface area contributed by atoms with E-state index in [2.05, 4.69) is 17.0 Å². The van der Waals surface area contributed by atoms with Crippen LogP contribution in [0.4, 0.5) is 0 Å². The molecule has 23 heavy (non-hydrogen) atoms. The van der Waals surface area contributed by atoms with Crippen LogP contribution in [0.15, 0.2) is 24.3 Å². The predicted molar refractivity (Wildman–Crippen MR) is 90.2 cm³/mol. The fourth-order valence-corrected chi connectivity index (χ4v) is 6.10. The van der Waals surface area contributed by atoms with Crippen LogP contribution in [0.1, 0.15) is 30.9 Å². The zero-order valence-corrected chi connectivity index (χ0v) is 14.5.